The van der Waals surface area contributed by atoms with Crippen LogP contribution < -0.4 is 19.5 Å². The van der Waals surface area contributed by atoms with Gasteiger partial charge in [-0.3, -0.25) is 0 Å². The number of rotatable bonds is 17. The van der Waals surface area contributed by atoms with Gasteiger partial charge in [-0.05, 0) is 148 Å². The molecule has 2 aliphatic rings. The topological polar surface area (TPSA) is 211 Å². The number of alkyl carbamates (subject to hydrolysis) is 1. The van der Waals surface area contributed by atoms with Crippen LogP contribution in [0.4, 0.5) is 9.59 Å². The number of tetrazole rings is 1. The predicted octanol–water partition coefficient (Wildman–Crippen LogP) is 8.00. The molecule has 5 aromatic rings. The molecular formula is C51H65N7O11S2. The number of sulfonamides is 1. The van der Waals surface area contributed by atoms with E-state index < -0.39 is 64.7 Å². The summed E-state index contributed by atoms with van der Waals surface area (Å²) < 4.78 is 93.0. The Morgan fingerprint density at radius 2 is 1.20 bits per heavy atom. The van der Waals surface area contributed by atoms with Crippen molar-refractivity contribution in [3.63, 3.8) is 0 Å². The number of nitrogens with one attached hydrogen (secondary N) is 1. The van der Waals surface area contributed by atoms with E-state index in [1.807, 2.05) is 12.1 Å². The lowest BCUT2D eigenvalue weighted by atomic mass is 9.80. The van der Waals surface area contributed by atoms with E-state index in [4.69, 9.17) is 23.7 Å². The molecule has 71 heavy (non-hydrogen) atoms. The third-order valence-corrected chi connectivity index (χ3v) is 16.2. The molecule has 1 saturated heterocycles. The van der Waals surface area contributed by atoms with Gasteiger partial charge in [0.25, 0.3) is 0 Å². The second-order valence-corrected chi connectivity index (χ2v) is 23.9. The van der Waals surface area contributed by atoms with Gasteiger partial charge in [-0.2, -0.15) is 4.31 Å². The highest BCUT2D eigenvalue weighted by molar-refractivity contribution is 7.93. The summed E-state index contributed by atoms with van der Waals surface area (Å²) in [5.74, 6) is 0.533. The standard InChI is InChI=1S/C51H65N7O11S2/c1-50(2,3)68-48(59)52-39-18-16-38(17-19-39)43-26-27-44(70(61,62)33-37-28-56(29-37)49(60)69-51(4,5)6)46(45(43)47-53-54-55-58(47)32-36-14-24-42(67-9)25-15-36)71(63,64)57(30-34-10-20-40(65-7)21-11-34)31-35-12-22-41(66-8)23-13-35/h10-15,20-27,37-39H,16-19,28-33H2,1-9H3,(H,52,59). The molecule has 0 unspecified atom stereocenters. The van der Waals surface area contributed by atoms with Gasteiger partial charge < -0.3 is 33.9 Å². The van der Waals surface area contributed by atoms with E-state index in [1.165, 1.54) is 34.2 Å². The average Bonchev–Trinajstić information content (AvgIpc) is 3.76. The van der Waals surface area contributed by atoms with Crippen LogP contribution in [0.1, 0.15) is 95.4 Å². The monoisotopic (exact) mass is 1020 g/mol. The predicted molar refractivity (Wildman–Crippen MR) is 265 cm³/mol. The average molecular weight is 1020 g/mol. The molecule has 2 heterocycles. The molecule has 0 bridgehead atoms. The number of amides is 2. The van der Waals surface area contributed by atoms with Crippen LogP contribution in [0.5, 0.6) is 17.2 Å². The number of benzene rings is 4. The van der Waals surface area contributed by atoms with Crippen molar-refractivity contribution in [3.05, 3.63) is 107 Å². The first-order valence-corrected chi connectivity index (χ1v) is 26.7. The molecule has 0 spiro atoms. The maximum atomic E-state index is 16.3. The third-order valence-electron chi connectivity index (χ3n) is 12.3. The fourth-order valence-electron chi connectivity index (χ4n) is 8.84. The van der Waals surface area contributed by atoms with Gasteiger partial charge in [0.2, 0.25) is 10.0 Å². The van der Waals surface area contributed by atoms with Crippen molar-refractivity contribution >= 4 is 32.0 Å². The van der Waals surface area contributed by atoms with Gasteiger partial charge in [-0.15, -0.1) is 5.10 Å². The van der Waals surface area contributed by atoms with Crippen LogP contribution in [0.15, 0.2) is 94.7 Å². The van der Waals surface area contributed by atoms with E-state index in [9.17, 15) is 9.59 Å². The van der Waals surface area contributed by atoms with Crippen molar-refractivity contribution in [1.29, 1.82) is 0 Å². The van der Waals surface area contributed by atoms with Crippen LogP contribution in [0.3, 0.4) is 0 Å². The lowest BCUT2D eigenvalue weighted by molar-refractivity contribution is 0.00188. The van der Waals surface area contributed by atoms with Crippen molar-refractivity contribution in [3.8, 4) is 28.6 Å². The van der Waals surface area contributed by atoms with Gasteiger partial charge in [-0.25, -0.2) is 31.1 Å². The number of likely N-dealkylation sites (tertiary alicyclic amines) is 1. The second-order valence-electron chi connectivity index (χ2n) is 20.1. The molecule has 1 aromatic heterocycles. The number of ether oxygens (including phenoxy) is 5. The maximum Gasteiger partial charge on any atom is 0.410 e. The van der Waals surface area contributed by atoms with Crippen LogP contribution in [0, 0.1) is 5.92 Å². The summed E-state index contributed by atoms with van der Waals surface area (Å²) in [6.07, 6.45) is 0.968. The summed E-state index contributed by atoms with van der Waals surface area (Å²) in [4.78, 5) is 26.4. The van der Waals surface area contributed by atoms with Gasteiger partial charge in [0.15, 0.2) is 15.7 Å². The Labute approximate surface area is 416 Å². The number of sulfone groups is 1. The van der Waals surface area contributed by atoms with E-state index in [0.717, 1.165) is 5.56 Å². The minimum absolute atomic E-state index is 0.0500. The number of methoxy groups -OCH3 is 3. The minimum Gasteiger partial charge on any atom is -0.497 e. The number of nitrogens with zero attached hydrogens (tertiary/aromatic N) is 6. The Balaban J connectivity index is 1.40. The lowest BCUT2D eigenvalue weighted by Gasteiger charge is -2.39. The smallest absolute Gasteiger partial charge is 0.410 e. The molecule has 4 aromatic carbocycles. The molecule has 20 heteroatoms. The minimum atomic E-state index is -4.86. The number of carbonyl (C=O) groups is 2. The summed E-state index contributed by atoms with van der Waals surface area (Å²) in [6, 6.07) is 24.1. The maximum absolute atomic E-state index is 16.3. The number of carbonyl (C=O) groups excluding carboxylic acids is 2. The zero-order valence-corrected chi connectivity index (χ0v) is 43.5. The van der Waals surface area contributed by atoms with Gasteiger partial charge >= 0.3 is 12.2 Å². The molecule has 0 radical (unpaired) electrons. The highest BCUT2D eigenvalue weighted by atomic mass is 32.2. The highest BCUT2D eigenvalue weighted by Gasteiger charge is 2.42. The second kappa shape index (κ2) is 21.6. The molecule has 0 atom stereocenters. The van der Waals surface area contributed by atoms with Crippen LogP contribution >= 0.6 is 0 Å². The SMILES string of the molecule is COc1ccc(CN(Cc2ccc(OC)cc2)S(=O)(=O)c2c(S(=O)(=O)CC3CN(C(=O)OC(C)(C)C)C3)ccc(C3CCC(NC(=O)OC(C)(C)C)CC3)c2-c2nnnn2Cc2ccc(OC)cc2)cc1. The Hall–Kier alpha value is -6.25. The molecule has 1 aliphatic heterocycles. The van der Waals surface area contributed by atoms with Gasteiger partial charge in [0, 0.05) is 43.7 Å². The Bertz CT molecular complexity index is 2820. The first-order chi connectivity index (χ1) is 33.5. The molecule has 7 rings (SSSR count). The summed E-state index contributed by atoms with van der Waals surface area (Å²) >= 11 is 0. The van der Waals surface area contributed by atoms with Gasteiger partial charge in [0.05, 0.1) is 38.5 Å². The quantitative estimate of drug-likeness (QED) is 0.0936. The van der Waals surface area contributed by atoms with Crippen LogP contribution in [-0.2, 0) is 49.0 Å². The Morgan fingerprint density at radius 3 is 1.69 bits per heavy atom. The van der Waals surface area contributed by atoms with E-state index in [-0.39, 0.29) is 56.1 Å². The van der Waals surface area contributed by atoms with Crippen molar-refractivity contribution in [2.45, 2.75) is 120 Å². The van der Waals surface area contributed by atoms with E-state index >= 15 is 16.8 Å². The Morgan fingerprint density at radius 1 is 0.690 bits per heavy atom. The zero-order valence-electron chi connectivity index (χ0n) is 41.9. The fourth-order valence-corrected chi connectivity index (χ4v) is 12.9. The summed E-state index contributed by atoms with van der Waals surface area (Å²) in [5.41, 5.74) is 1.15. The molecule has 2 amide bonds. The third kappa shape index (κ3) is 13.2. The summed E-state index contributed by atoms with van der Waals surface area (Å²) in [6.45, 7) is 10.6. The summed E-state index contributed by atoms with van der Waals surface area (Å²) in [5, 5.41) is 16.0. The van der Waals surface area contributed by atoms with E-state index in [2.05, 4.69) is 20.8 Å². The summed E-state index contributed by atoms with van der Waals surface area (Å²) in [7, 11) is -4.69. The largest absolute Gasteiger partial charge is 0.497 e. The number of hydrogen-bond acceptors (Lipinski definition) is 14. The normalized spacial score (nSPS) is 16.8. The molecule has 1 aliphatic carbocycles. The first-order valence-electron chi connectivity index (χ1n) is 23.6. The van der Waals surface area contributed by atoms with Crippen molar-refractivity contribution in [1.82, 2.24) is 34.7 Å². The highest BCUT2D eigenvalue weighted by Crippen LogP contribution is 2.45. The molecule has 2 fully saturated rings. The molecule has 1 N–H and O–H groups in total. The van der Waals surface area contributed by atoms with Crippen LogP contribution in [0.2, 0.25) is 0 Å². The van der Waals surface area contributed by atoms with Crippen molar-refractivity contribution in [2.75, 3.05) is 40.2 Å². The molecular weight excluding hydrogens is 951 g/mol. The molecule has 1 saturated carbocycles. The fraction of sp³-hybridized carbons (Fsp3) is 0.471. The van der Waals surface area contributed by atoms with Crippen LogP contribution in [0.25, 0.3) is 11.4 Å². The van der Waals surface area contributed by atoms with Crippen molar-refractivity contribution in [2.24, 2.45) is 5.92 Å². The van der Waals surface area contributed by atoms with E-state index in [1.54, 1.807) is 115 Å². The van der Waals surface area contributed by atoms with E-state index in [0.29, 0.717) is 59.6 Å². The van der Waals surface area contributed by atoms with Gasteiger partial charge in [-0.1, -0.05) is 42.5 Å². The first kappa shape index (κ1) is 52.6. The Kier molecular flexibility index (Phi) is 16.0. The lowest BCUT2D eigenvalue weighted by Crippen LogP contribution is -2.53. The molecule has 18 nitrogen and oxygen atoms in total. The number of aromatic nitrogens is 4. The number of hydrogen-bond donors (Lipinski definition) is 1. The van der Waals surface area contributed by atoms with Crippen molar-refractivity contribution < 1.29 is 50.1 Å². The van der Waals surface area contributed by atoms with Crippen LogP contribution in [-0.4, -0.2) is 116 Å². The van der Waals surface area contributed by atoms with Gasteiger partial charge in [0.1, 0.15) is 33.3 Å². The molecule has 382 valence electrons. The zero-order chi connectivity index (χ0) is 51.3.